The van der Waals surface area contributed by atoms with Crippen LogP contribution in [0.4, 0.5) is 0 Å². The molecule has 1 amide bonds. The lowest BCUT2D eigenvalue weighted by Gasteiger charge is -2.12. The Balaban J connectivity index is 2.86. The smallest absolute Gasteiger partial charge is 0.270 e. The van der Waals surface area contributed by atoms with Crippen molar-refractivity contribution < 1.29 is 4.79 Å². The highest BCUT2D eigenvalue weighted by Crippen LogP contribution is 2.05. The molecule has 1 aromatic rings. The van der Waals surface area contributed by atoms with Gasteiger partial charge in [-0.3, -0.25) is 10.2 Å². The lowest BCUT2D eigenvalue weighted by Crippen LogP contribution is -2.33. The summed E-state index contributed by atoms with van der Waals surface area (Å²) in [4.78, 5) is 11.4. The van der Waals surface area contributed by atoms with Gasteiger partial charge in [-0.2, -0.15) is 0 Å². The number of thiol groups is 1. The molecule has 4 nitrogen and oxygen atoms in total. The molecular formula is C8H9N3OS. The number of carbonyl (C=O) groups is 1. The zero-order valence-corrected chi connectivity index (χ0v) is 7.66. The van der Waals surface area contributed by atoms with Crippen LogP contribution >= 0.6 is 12.8 Å². The van der Waals surface area contributed by atoms with Crippen molar-refractivity contribution in [3.8, 4) is 0 Å². The lowest BCUT2D eigenvalue weighted by molar-refractivity contribution is 0.0920. The highest BCUT2D eigenvalue weighted by atomic mass is 32.1. The Morgan fingerprint density at radius 2 is 1.92 bits per heavy atom. The first-order valence-electron chi connectivity index (χ1n) is 3.55. The van der Waals surface area contributed by atoms with Crippen LogP contribution in [0.1, 0.15) is 10.4 Å². The summed E-state index contributed by atoms with van der Waals surface area (Å²) in [7, 11) is 0. The van der Waals surface area contributed by atoms with Crippen molar-refractivity contribution >= 4 is 24.7 Å². The number of rotatable bonds is 1. The van der Waals surface area contributed by atoms with E-state index in [1.54, 1.807) is 30.3 Å². The Bertz CT molecular complexity index is 325. The van der Waals surface area contributed by atoms with Crippen LogP contribution in [0.5, 0.6) is 0 Å². The molecule has 1 aromatic carbocycles. The van der Waals surface area contributed by atoms with Gasteiger partial charge in [-0.15, -0.1) is 0 Å². The Morgan fingerprint density at radius 3 is 2.38 bits per heavy atom. The zero-order valence-electron chi connectivity index (χ0n) is 6.77. The molecular weight excluding hydrogens is 186 g/mol. The second-order valence-corrected chi connectivity index (χ2v) is 2.77. The molecule has 0 saturated carbocycles. The maximum absolute atomic E-state index is 11.4. The first-order chi connectivity index (χ1) is 6.13. The maximum Gasteiger partial charge on any atom is 0.270 e. The largest absolute Gasteiger partial charge is 0.369 e. The predicted octanol–water partition coefficient (Wildman–Crippen LogP) is 0.867. The van der Waals surface area contributed by atoms with Crippen LogP contribution in [0, 0.1) is 5.41 Å². The van der Waals surface area contributed by atoms with Crippen LogP contribution < -0.4 is 5.73 Å². The van der Waals surface area contributed by atoms with Crippen molar-refractivity contribution in [2.24, 2.45) is 5.73 Å². The fourth-order valence-corrected chi connectivity index (χ4v) is 0.928. The molecule has 0 aliphatic heterocycles. The van der Waals surface area contributed by atoms with Crippen molar-refractivity contribution in [1.82, 2.24) is 4.31 Å². The summed E-state index contributed by atoms with van der Waals surface area (Å²) in [5.74, 6) is -0.798. The molecule has 0 atom stereocenters. The van der Waals surface area contributed by atoms with Crippen molar-refractivity contribution in [1.29, 1.82) is 5.41 Å². The van der Waals surface area contributed by atoms with E-state index >= 15 is 0 Å². The molecule has 0 bridgehead atoms. The number of hydrogen-bond acceptors (Lipinski definition) is 3. The first kappa shape index (κ1) is 9.60. The topological polar surface area (TPSA) is 70.2 Å². The van der Waals surface area contributed by atoms with Gasteiger partial charge in [0.1, 0.15) is 0 Å². The van der Waals surface area contributed by atoms with Gasteiger partial charge in [0, 0.05) is 5.56 Å². The molecule has 68 valence electrons. The number of hydrogen-bond donors (Lipinski definition) is 3. The van der Waals surface area contributed by atoms with Crippen LogP contribution in [-0.2, 0) is 0 Å². The number of nitrogens with two attached hydrogens (primary N) is 1. The van der Waals surface area contributed by atoms with E-state index in [0.717, 1.165) is 4.31 Å². The van der Waals surface area contributed by atoms with E-state index in [-0.39, 0.29) is 0 Å². The summed E-state index contributed by atoms with van der Waals surface area (Å²) in [6.45, 7) is 0. The van der Waals surface area contributed by atoms with E-state index < -0.39 is 11.9 Å². The van der Waals surface area contributed by atoms with E-state index in [0.29, 0.717) is 5.56 Å². The van der Waals surface area contributed by atoms with Gasteiger partial charge in [-0.1, -0.05) is 31.0 Å². The molecule has 13 heavy (non-hydrogen) atoms. The summed E-state index contributed by atoms with van der Waals surface area (Å²) >= 11 is 3.77. The van der Waals surface area contributed by atoms with Crippen molar-refractivity contribution in [3.63, 3.8) is 0 Å². The third-order valence-corrected chi connectivity index (χ3v) is 1.84. The highest BCUT2D eigenvalue weighted by molar-refractivity contribution is 7.79. The van der Waals surface area contributed by atoms with Crippen LogP contribution in [0.2, 0.25) is 0 Å². The van der Waals surface area contributed by atoms with Gasteiger partial charge >= 0.3 is 0 Å². The summed E-state index contributed by atoms with van der Waals surface area (Å²) in [6, 6.07) is 8.53. The molecule has 5 heteroatoms. The minimum Gasteiger partial charge on any atom is -0.369 e. The molecule has 0 radical (unpaired) electrons. The highest BCUT2D eigenvalue weighted by Gasteiger charge is 2.13. The molecule has 0 unspecified atom stereocenters. The molecule has 0 spiro atoms. The normalized spacial score (nSPS) is 9.31. The Labute approximate surface area is 81.4 Å². The number of guanidine groups is 1. The second-order valence-electron chi connectivity index (χ2n) is 2.37. The van der Waals surface area contributed by atoms with Gasteiger partial charge in [0.25, 0.3) is 5.91 Å². The zero-order chi connectivity index (χ0) is 9.84. The average Bonchev–Trinajstić information content (AvgIpc) is 2.17. The molecule has 0 aliphatic rings. The summed E-state index contributed by atoms with van der Waals surface area (Å²) < 4.78 is 0.787. The number of carbonyl (C=O) groups excluding carboxylic acids is 1. The van der Waals surface area contributed by atoms with E-state index in [4.69, 9.17) is 11.1 Å². The predicted molar refractivity (Wildman–Crippen MR) is 53.5 cm³/mol. The number of nitrogens with zero attached hydrogens (tertiary/aromatic N) is 1. The van der Waals surface area contributed by atoms with Gasteiger partial charge < -0.3 is 5.73 Å². The van der Waals surface area contributed by atoms with Crippen molar-refractivity contribution in [2.45, 2.75) is 0 Å². The van der Waals surface area contributed by atoms with Crippen LogP contribution in [-0.4, -0.2) is 16.2 Å². The maximum atomic E-state index is 11.4. The van der Waals surface area contributed by atoms with E-state index in [2.05, 4.69) is 12.8 Å². The van der Waals surface area contributed by atoms with Crippen molar-refractivity contribution in [2.75, 3.05) is 0 Å². The van der Waals surface area contributed by atoms with Gasteiger partial charge in [-0.25, -0.2) is 4.31 Å². The molecule has 0 saturated heterocycles. The fourth-order valence-electron chi connectivity index (χ4n) is 0.812. The standard InChI is InChI=1S/C8H9N3OS/c9-8(10)11(13)7(12)6-4-2-1-3-5-6/h1-5,13H,(H3,9,10). The number of nitrogens with one attached hydrogen (secondary N) is 1. The molecule has 1 rings (SSSR count). The van der Waals surface area contributed by atoms with Crippen LogP contribution in [0.3, 0.4) is 0 Å². The van der Waals surface area contributed by atoms with E-state index in [9.17, 15) is 4.79 Å². The minimum atomic E-state index is -0.406. The molecule has 0 aromatic heterocycles. The summed E-state index contributed by atoms with van der Waals surface area (Å²) in [5, 5.41) is 6.99. The minimum absolute atomic E-state index is 0.391. The molecule has 0 fully saturated rings. The number of benzene rings is 1. The monoisotopic (exact) mass is 195 g/mol. The van der Waals surface area contributed by atoms with Gasteiger partial charge in [0.2, 0.25) is 5.96 Å². The first-order valence-corrected chi connectivity index (χ1v) is 3.95. The number of amides is 1. The van der Waals surface area contributed by atoms with Gasteiger partial charge in [0.05, 0.1) is 0 Å². The Hall–Kier alpha value is -1.49. The van der Waals surface area contributed by atoms with Crippen LogP contribution in [0.15, 0.2) is 30.3 Å². The van der Waals surface area contributed by atoms with E-state index in [1.807, 2.05) is 0 Å². The Morgan fingerprint density at radius 1 is 1.38 bits per heavy atom. The second kappa shape index (κ2) is 3.95. The fraction of sp³-hybridized carbons (Fsp3) is 0. The van der Waals surface area contributed by atoms with Crippen molar-refractivity contribution in [3.05, 3.63) is 35.9 Å². The quantitative estimate of drug-likeness (QED) is 0.353. The van der Waals surface area contributed by atoms with Gasteiger partial charge in [0.15, 0.2) is 0 Å². The van der Waals surface area contributed by atoms with Gasteiger partial charge in [-0.05, 0) is 12.1 Å². The summed E-state index contributed by atoms with van der Waals surface area (Å²) in [5.41, 5.74) is 5.54. The molecule has 0 heterocycles. The Kier molecular flexibility index (Phi) is 2.92. The summed E-state index contributed by atoms with van der Waals surface area (Å²) in [6.07, 6.45) is 0. The van der Waals surface area contributed by atoms with E-state index in [1.165, 1.54) is 0 Å². The third-order valence-electron chi connectivity index (χ3n) is 1.44. The van der Waals surface area contributed by atoms with Crippen LogP contribution in [0.25, 0.3) is 0 Å². The lowest BCUT2D eigenvalue weighted by atomic mass is 10.2. The third kappa shape index (κ3) is 2.22. The molecule has 0 aliphatic carbocycles. The molecule has 3 N–H and O–H groups in total. The average molecular weight is 195 g/mol. The SMILES string of the molecule is N=C(N)N(S)C(=O)c1ccccc1.